The molecule has 0 spiro atoms. The molecule has 7 amide bonds. The molecular weight excluding hydrogens is 941 g/mol. The van der Waals surface area contributed by atoms with E-state index in [2.05, 4.69) is 38.3 Å². The number of nitrogens with one attached hydrogen (secondary N) is 2. The third-order valence-electron chi connectivity index (χ3n) is 13.8. The van der Waals surface area contributed by atoms with Crippen LogP contribution in [0.25, 0.3) is 0 Å². The van der Waals surface area contributed by atoms with Crippen molar-refractivity contribution in [3.8, 4) is 0 Å². The molecule has 0 aromatic heterocycles. The molecule has 0 radical (unpaired) electrons. The highest BCUT2D eigenvalue weighted by Gasteiger charge is 2.43. The Kier molecular flexibility index (Phi) is 28.8. The highest BCUT2D eigenvalue weighted by atomic mass is 32.2. The minimum atomic E-state index is -1.16. The molecule has 2 heterocycles. The van der Waals surface area contributed by atoms with Crippen molar-refractivity contribution < 1.29 is 52.9 Å². The number of thioether (sulfide) groups is 1. The van der Waals surface area contributed by atoms with Crippen molar-refractivity contribution in [2.24, 2.45) is 23.7 Å². The minimum absolute atomic E-state index is 0.0732. The number of amides is 7. The quantitative estimate of drug-likeness (QED) is 0.0581. The molecule has 3 N–H and O–H groups in total. The van der Waals surface area contributed by atoms with Gasteiger partial charge in [-0.25, -0.2) is 4.79 Å². The number of carbonyl (C=O) groups excluding carboxylic acids is 7. The van der Waals surface area contributed by atoms with E-state index in [0.717, 1.165) is 17.7 Å². The van der Waals surface area contributed by atoms with Crippen molar-refractivity contribution in [3.05, 3.63) is 35.9 Å². The summed E-state index contributed by atoms with van der Waals surface area (Å²) in [6.07, 6.45) is 4.85. The van der Waals surface area contributed by atoms with Crippen LogP contribution in [-0.2, 0) is 54.3 Å². The number of ether oxygens (including phenoxy) is 2. The molecule has 1 aromatic carbocycles. The van der Waals surface area contributed by atoms with Crippen molar-refractivity contribution in [3.63, 3.8) is 0 Å². The third kappa shape index (κ3) is 19.4. The predicted molar refractivity (Wildman–Crippen MR) is 282 cm³/mol. The lowest BCUT2D eigenvalue weighted by Gasteiger charge is -2.39. The number of hydrogen-bond acceptors (Lipinski definition) is 11. The molecule has 17 nitrogen and oxygen atoms in total. The van der Waals surface area contributed by atoms with Crippen LogP contribution in [0.4, 0.5) is 0 Å². The number of benzene rings is 1. The van der Waals surface area contributed by atoms with Crippen LogP contribution in [0.3, 0.4) is 0 Å². The summed E-state index contributed by atoms with van der Waals surface area (Å²) >= 11 is 1.55. The first kappa shape index (κ1) is 63.6. The summed E-state index contributed by atoms with van der Waals surface area (Å²) in [7, 11) is 6.17. The molecule has 2 saturated heterocycles. The van der Waals surface area contributed by atoms with Gasteiger partial charge in [0.2, 0.25) is 41.4 Å². The van der Waals surface area contributed by atoms with Gasteiger partial charge in [0.05, 0.1) is 48.4 Å². The van der Waals surface area contributed by atoms with E-state index in [1.165, 1.54) is 35.3 Å². The van der Waals surface area contributed by atoms with Crippen molar-refractivity contribution >= 4 is 59.1 Å². The van der Waals surface area contributed by atoms with Crippen LogP contribution >= 0.6 is 11.8 Å². The molecule has 9 unspecified atom stereocenters. The number of methoxy groups -OCH3 is 2. The summed E-state index contributed by atoms with van der Waals surface area (Å²) < 4.78 is 11.8. The lowest BCUT2D eigenvalue weighted by atomic mass is 9.90. The number of likely N-dealkylation sites (N-methyl/N-ethyl adjacent to an activating group) is 2. The zero-order chi connectivity index (χ0) is 54.2. The second kappa shape index (κ2) is 32.6. The Morgan fingerprint density at radius 1 is 0.875 bits per heavy atom. The average Bonchev–Trinajstić information content (AvgIpc) is 3.93. The molecular formula is C54H90N6O11S. The predicted octanol–water partition coefficient (Wildman–Crippen LogP) is 6.20. The Hall–Kier alpha value is -4.55. The number of imide groups is 1. The van der Waals surface area contributed by atoms with Gasteiger partial charge in [-0.1, -0.05) is 112 Å². The summed E-state index contributed by atoms with van der Waals surface area (Å²) in [6, 6.07) is 6.00. The van der Waals surface area contributed by atoms with Gasteiger partial charge >= 0.3 is 5.97 Å². The van der Waals surface area contributed by atoms with Gasteiger partial charge in [0.15, 0.2) is 0 Å². The van der Waals surface area contributed by atoms with E-state index in [1.807, 2.05) is 33.8 Å². The number of carboxylic acid groups (broad SMARTS) is 1. The summed E-state index contributed by atoms with van der Waals surface area (Å²) in [6.45, 7) is 18.2. The van der Waals surface area contributed by atoms with E-state index in [1.54, 1.807) is 61.9 Å². The second-order valence-electron chi connectivity index (χ2n) is 20.3. The first-order valence-electron chi connectivity index (χ1n) is 26.3. The second-order valence-corrected chi connectivity index (χ2v) is 21.6. The van der Waals surface area contributed by atoms with Gasteiger partial charge in [0, 0.05) is 60.7 Å². The van der Waals surface area contributed by atoms with Crippen molar-refractivity contribution in [1.29, 1.82) is 0 Å². The molecule has 2 aliphatic heterocycles. The minimum Gasteiger partial charge on any atom is -0.480 e. The molecule has 1 aromatic rings. The number of hydrogen-bond donors (Lipinski definition) is 3. The molecule has 2 aliphatic rings. The number of unbranched alkanes of at least 4 members (excludes halogenated alkanes) is 2. The van der Waals surface area contributed by atoms with Crippen LogP contribution in [0, 0.1) is 23.7 Å². The Labute approximate surface area is 435 Å². The molecule has 0 saturated carbocycles. The zero-order valence-corrected chi connectivity index (χ0v) is 46.6. The number of nitrogens with zero attached hydrogens (tertiary/aromatic N) is 4. The number of carbonyl (C=O) groups is 8. The van der Waals surface area contributed by atoms with Gasteiger partial charge in [-0.05, 0) is 61.2 Å². The standard InChI is InChI=1S/C51H82N6O11S.C3H8/c1-12-34(6)46(39(67-10)29-42(59)56-26-19-22-38(56)47(68-11)35(7)48(62)53-37(51(65)66)28-36-20-15-13-16-21-36)55(9)44(61)31-52-49(63)45(33(4)5)54(8)41(58)23-17-14-18-25-57-43(60)30-40(50(57)64)69-27-24-32(2)3;1-3-2/h13,15-16,20-21,32-35,37-40,45-47H,12,14,17-19,22-31H2,1-11H3,(H,52,63)(H,53,62)(H,65,66);3H2,1-2H3. The van der Waals surface area contributed by atoms with E-state index in [0.29, 0.717) is 57.5 Å². The van der Waals surface area contributed by atoms with E-state index < -0.39 is 66.0 Å². The van der Waals surface area contributed by atoms with Crippen LogP contribution in [0.2, 0.25) is 0 Å². The first-order chi connectivity index (χ1) is 34.1. The summed E-state index contributed by atoms with van der Waals surface area (Å²) in [4.78, 5) is 112. The normalized spacial score (nSPS) is 18.7. The highest BCUT2D eigenvalue weighted by molar-refractivity contribution is 8.00. The number of likely N-dealkylation sites (tertiary alicyclic amines) is 2. The summed E-state index contributed by atoms with van der Waals surface area (Å²) in [5.41, 5.74) is 0.764. The maximum atomic E-state index is 14.2. The molecule has 72 heavy (non-hydrogen) atoms. The first-order valence-corrected chi connectivity index (χ1v) is 27.3. The van der Waals surface area contributed by atoms with E-state index in [-0.39, 0.29) is 72.9 Å². The van der Waals surface area contributed by atoms with Crippen molar-refractivity contribution in [2.75, 3.05) is 53.7 Å². The molecule has 18 heteroatoms. The number of carboxylic acids is 1. The Morgan fingerprint density at radius 3 is 2.10 bits per heavy atom. The monoisotopic (exact) mass is 1030 g/mol. The smallest absolute Gasteiger partial charge is 0.326 e. The molecule has 0 aliphatic carbocycles. The van der Waals surface area contributed by atoms with Gasteiger partial charge in [-0.2, -0.15) is 0 Å². The van der Waals surface area contributed by atoms with Crippen molar-refractivity contribution in [1.82, 2.24) is 30.2 Å². The van der Waals surface area contributed by atoms with Gasteiger partial charge < -0.3 is 39.9 Å². The fraction of sp³-hybridized carbons (Fsp3) is 0.741. The van der Waals surface area contributed by atoms with Crippen LogP contribution in [0.5, 0.6) is 0 Å². The zero-order valence-electron chi connectivity index (χ0n) is 45.8. The van der Waals surface area contributed by atoms with Crippen molar-refractivity contribution in [2.45, 2.75) is 181 Å². The van der Waals surface area contributed by atoms with Crippen LogP contribution in [-0.4, -0.2) is 167 Å². The highest BCUT2D eigenvalue weighted by Crippen LogP contribution is 2.30. The fourth-order valence-corrected chi connectivity index (χ4v) is 10.9. The average molecular weight is 1030 g/mol. The van der Waals surface area contributed by atoms with Crippen LogP contribution in [0.15, 0.2) is 30.3 Å². The third-order valence-corrected chi connectivity index (χ3v) is 15.1. The number of aliphatic carboxylic acids is 1. The topological polar surface area (TPSA) is 212 Å². The molecule has 408 valence electrons. The van der Waals surface area contributed by atoms with Crippen LogP contribution in [0.1, 0.15) is 139 Å². The van der Waals surface area contributed by atoms with Gasteiger partial charge in [-0.15, -0.1) is 11.8 Å². The lowest BCUT2D eigenvalue weighted by Crippen LogP contribution is -2.56. The summed E-state index contributed by atoms with van der Waals surface area (Å²) in [5.74, 6) is -3.09. The molecule has 9 atom stereocenters. The number of rotatable bonds is 30. The Morgan fingerprint density at radius 2 is 1.53 bits per heavy atom. The lowest BCUT2D eigenvalue weighted by molar-refractivity contribution is -0.147. The maximum absolute atomic E-state index is 14.2. The molecule has 0 bridgehead atoms. The Bertz CT molecular complexity index is 1890. The molecule has 3 rings (SSSR count). The fourth-order valence-electron chi connectivity index (χ4n) is 9.51. The van der Waals surface area contributed by atoms with Gasteiger partial charge in [0.1, 0.15) is 12.1 Å². The Balaban J connectivity index is 0.00000577. The van der Waals surface area contributed by atoms with Gasteiger partial charge in [-0.3, -0.25) is 38.5 Å². The van der Waals surface area contributed by atoms with E-state index >= 15 is 0 Å². The van der Waals surface area contributed by atoms with Crippen LogP contribution < -0.4 is 10.6 Å². The summed E-state index contributed by atoms with van der Waals surface area (Å²) in [5, 5.41) is 15.0. The van der Waals surface area contributed by atoms with E-state index in [9.17, 15) is 43.5 Å². The molecule has 2 fully saturated rings. The van der Waals surface area contributed by atoms with E-state index in [4.69, 9.17) is 9.47 Å². The van der Waals surface area contributed by atoms with Gasteiger partial charge in [0.25, 0.3) is 0 Å². The maximum Gasteiger partial charge on any atom is 0.326 e. The largest absolute Gasteiger partial charge is 0.480 e. The SMILES string of the molecule is CCC.CCC(C)C(C(CC(=O)N1CCCC1C(OC)C(C)C(=O)NC(Cc1ccccc1)C(=O)O)OC)N(C)C(=O)CNC(=O)C(C(C)C)N(C)C(=O)CCCCCN1C(=O)CC(SCCC(C)C)C1=O.